The quantitative estimate of drug-likeness (QED) is 0.876. The number of hydrogen-bond donors (Lipinski definition) is 1. The lowest BCUT2D eigenvalue weighted by Gasteiger charge is -2.02. The highest BCUT2D eigenvalue weighted by molar-refractivity contribution is 9.10. The van der Waals surface area contributed by atoms with Crippen LogP contribution in [0.25, 0.3) is 0 Å². The lowest BCUT2D eigenvalue weighted by Crippen LogP contribution is -2.05. The van der Waals surface area contributed by atoms with Gasteiger partial charge in [0, 0.05) is 22.0 Å². The van der Waals surface area contributed by atoms with Crippen LogP contribution in [0.4, 0.5) is 0 Å². The monoisotopic (exact) mass is 309 g/mol. The Morgan fingerprint density at radius 1 is 1.35 bits per heavy atom. The van der Waals surface area contributed by atoms with E-state index in [2.05, 4.69) is 21.2 Å². The predicted octanol–water partition coefficient (Wildman–Crippen LogP) is 3.46. The summed E-state index contributed by atoms with van der Waals surface area (Å²) in [7, 11) is 1.90. The molecule has 88 valence electrons. The molecular formula is C13H12BrNOS. The second-order valence-electron chi connectivity index (χ2n) is 3.69. The van der Waals surface area contributed by atoms with E-state index in [0.29, 0.717) is 0 Å². The van der Waals surface area contributed by atoms with Gasteiger partial charge in [-0.3, -0.25) is 4.79 Å². The second kappa shape index (κ2) is 5.58. The Bertz CT molecular complexity index is 518. The third-order valence-corrected chi connectivity index (χ3v) is 4.08. The maximum atomic E-state index is 12.1. The summed E-state index contributed by atoms with van der Waals surface area (Å²) < 4.78 is 0.956. The molecule has 0 saturated heterocycles. The fourth-order valence-corrected chi connectivity index (χ4v) is 2.94. The maximum absolute atomic E-state index is 12.1. The Balaban J connectivity index is 2.20. The van der Waals surface area contributed by atoms with Gasteiger partial charge in [0.05, 0.1) is 4.88 Å². The molecule has 0 aliphatic carbocycles. The van der Waals surface area contributed by atoms with Crippen LogP contribution in [0.15, 0.2) is 40.2 Å². The third-order valence-electron chi connectivity index (χ3n) is 2.39. The van der Waals surface area contributed by atoms with E-state index in [1.165, 1.54) is 16.9 Å². The molecule has 17 heavy (non-hydrogen) atoms. The lowest BCUT2D eigenvalue weighted by atomic mass is 10.1. The first-order chi connectivity index (χ1) is 8.20. The number of nitrogens with one attached hydrogen (secondary N) is 1. The minimum absolute atomic E-state index is 0.0803. The van der Waals surface area contributed by atoms with Gasteiger partial charge in [0.15, 0.2) is 0 Å². The Labute approximate surface area is 113 Å². The maximum Gasteiger partial charge on any atom is 0.202 e. The summed E-state index contributed by atoms with van der Waals surface area (Å²) in [6, 6.07) is 9.57. The fourth-order valence-electron chi connectivity index (χ4n) is 1.55. The molecule has 0 atom stereocenters. The highest BCUT2D eigenvalue weighted by atomic mass is 79.9. The van der Waals surface area contributed by atoms with E-state index in [4.69, 9.17) is 0 Å². The summed E-state index contributed by atoms with van der Waals surface area (Å²) >= 11 is 4.81. The zero-order valence-electron chi connectivity index (χ0n) is 9.37. The van der Waals surface area contributed by atoms with Crippen molar-refractivity contribution in [3.8, 4) is 0 Å². The van der Waals surface area contributed by atoms with Crippen LogP contribution in [0.5, 0.6) is 0 Å². The molecule has 2 aromatic rings. The van der Waals surface area contributed by atoms with Gasteiger partial charge in [-0.1, -0.05) is 24.3 Å². The molecule has 0 amide bonds. The average Bonchev–Trinajstić information content (AvgIpc) is 2.76. The van der Waals surface area contributed by atoms with Crippen molar-refractivity contribution in [2.75, 3.05) is 7.05 Å². The van der Waals surface area contributed by atoms with Crippen molar-refractivity contribution in [1.82, 2.24) is 5.32 Å². The normalized spacial score (nSPS) is 10.5. The van der Waals surface area contributed by atoms with Gasteiger partial charge in [-0.15, -0.1) is 11.3 Å². The largest absolute Gasteiger partial charge is 0.316 e. The van der Waals surface area contributed by atoms with Crippen LogP contribution >= 0.6 is 27.3 Å². The Morgan fingerprint density at radius 2 is 2.06 bits per heavy atom. The van der Waals surface area contributed by atoms with Gasteiger partial charge in [0.1, 0.15) is 0 Å². The molecule has 1 aromatic heterocycles. The smallest absolute Gasteiger partial charge is 0.202 e. The van der Waals surface area contributed by atoms with Crippen LogP contribution in [-0.2, 0) is 6.54 Å². The summed E-state index contributed by atoms with van der Waals surface area (Å²) in [5, 5.41) is 5.00. The van der Waals surface area contributed by atoms with Gasteiger partial charge in [0.25, 0.3) is 0 Å². The van der Waals surface area contributed by atoms with Crippen molar-refractivity contribution in [2.45, 2.75) is 6.54 Å². The van der Waals surface area contributed by atoms with E-state index in [1.807, 2.05) is 42.8 Å². The van der Waals surface area contributed by atoms with Gasteiger partial charge < -0.3 is 5.32 Å². The van der Waals surface area contributed by atoms with Crippen LogP contribution in [0.1, 0.15) is 20.8 Å². The Hall–Kier alpha value is -0.970. The summed E-state index contributed by atoms with van der Waals surface area (Å²) in [6.45, 7) is 0.818. The molecule has 4 heteroatoms. The first kappa shape index (κ1) is 12.5. The number of carbonyl (C=O) groups excluding carboxylic acids is 1. The number of rotatable bonds is 4. The number of thiophene rings is 1. The first-order valence-electron chi connectivity index (χ1n) is 5.23. The van der Waals surface area contributed by atoms with Crippen molar-refractivity contribution in [3.05, 3.63) is 56.2 Å². The minimum Gasteiger partial charge on any atom is -0.316 e. The lowest BCUT2D eigenvalue weighted by molar-refractivity contribution is 0.104. The number of hydrogen-bond acceptors (Lipinski definition) is 3. The van der Waals surface area contributed by atoms with Crippen LogP contribution in [-0.4, -0.2) is 12.8 Å². The standard InChI is InChI=1S/C13H12BrNOS/c1-15-7-9-2-4-10(5-3-9)13(16)12-6-11(14)8-17-12/h2-6,8,15H,7H2,1H3. The molecule has 1 heterocycles. The van der Waals surface area contributed by atoms with Crippen molar-refractivity contribution in [3.63, 3.8) is 0 Å². The molecule has 0 bridgehead atoms. The molecule has 0 fully saturated rings. The molecule has 2 rings (SSSR count). The van der Waals surface area contributed by atoms with E-state index >= 15 is 0 Å². The van der Waals surface area contributed by atoms with Gasteiger partial charge in [-0.25, -0.2) is 0 Å². The molecule has 0 spiro atoms. The molecule has 0 radical (unpaired) electrons. The van der Waals surface area contributed by atoms with Gasteiger partial charge in [0.2, 0.25) is 5.78 Å². The molecule has 0 unspecified atom stereocenters. The number of carbonyl (C=O) groups is 1. The Morgan fingerprint density at radius 3 is 2.59 bits per heavy atom. The van der Waals surface area contributed by atoms with Crippen molar-refractivity contribution in [2.24, 2.45) is 0 Å². The van der Waals surface area contributed by atoms with Crippen LogP contribution in [0, 0.1) is 0 Å². The zero-order chi connectivity index (χ0) is 12.3. The molecule has 2 nitrogen and oxygen atoms in total. The third kappa shape index (κ3) is 3.03. The van der Waals surface area contributed by atoms with Gasteiger partial charge in [-0.2, -0.15) is 0 Å². The predicted molar refractivity (Wildman–Crippen MR) is 74.7 cm³/mol. The Kier molecular flexibility index (Phi) is 4.10. The van der Waals surface area contributed by atoms with Gasteiger partial charge >= 0.3 is 0 Å². The van der Waals surface area contributed by atoms with E-state index in [0.717, 1.165) is 21.5 Å². The zero-order valence-corrected chi connectivity index (χ0v) is 11.8. The topological polar surface area (TPSA) is 29.1 Å². The summed E-state index contributed by atoms with van der Waals surface area (Å²) in [5.41, 5.74) is 1.91. The molecule has 0 aliphatic rings. The fraction of sp³-hybridized carbons (Fsp3) is 0.154. The van der Waals surface area contributed by atoms with E-state index < -0.39 is 0 Å². The minimum atomic E-state index is 0.0803. The van der Waals surface area contributed by atoms with E-state index in [9.17, 15) is 4.79 Å². The van der Waals surface area contributed by atoms with Crippen molar-refractivity contribution in [1.29, 1.82) is 0 Å². The summed E-state index contributed by atoms with van der Waals surface area (Å²) in [6.07, 6.45) is 0. The highest BCUT2D eigenvalue weighted by Gasteiger charge is 2.10. The van der Waals surface area contributed by atoms with Crippen LogP contribution < -0.4 is 5.32 Å². The number of ketones is 1. The van der Waals surface area contributed by atoms with Crippen LogP contribution in [0.3, 0.4) is 0 Å². The van der Waals surface area contributed by atoms with E-state index in [1.54, 1.807) is 0 Å². The molecule has 0 aliphatic heterocycles. The van der Waals surface area contributed by atoms with Gasteiger partial charge in [-0.05, 0) is 34.6 Å². The van der Waals surface area contributed by atoms with E-state index in [-0.39, 0.29) is 5.78 Å². The van der Waals surface area contributed by atoms with Crippen molar-refractivity contribution >= 4 is 33.0 Å². The molecule has 1 N–H and O–H groups in total. The highest BCUT2D eigenvalue weighted by Crippen LogP contribution is 2.22. The molecule has 0 saturated carbocycles. The number of benzene rings is 1. The average molecular weight is 310 g/mol. The first-order valence-corrected chi connectivity index (χ1v) is 6.90. The molecule has 1 aromatic carbocycles. The summed E-state index contributed by atoms with van der Waals surface area (Å²) in [5.74, 6) is 0.0803. The SMILES string of the molecule is CNCc1ccc(C(=O)c2cc(Br)cs2)cc1. The van der Waals surface area contributed by atoms with Crippen molar-refractivity contribution < 1.29 is 4.79 Å². The van der Waals surface area contributed by atoms with Crippen LogP contribution in [0.2, 0.25) is 0 Å². The summed E-state index contributed by atoms with van der Waals surface area (Å²) in [4.78, 5) is 12.9. The molecular weight excluding hydrogens is 298 g/mol. The number of halogens is 1. The second-order valence-corrected chi connectivity index (χ2v) is 5.51.